The Morgan fingerprint density at radius 1 is 0.841 bits per heavy atom. The molecule has 0 saturated heterocycles. The molecule has 3 amide bonds. The largest absolute Gasteiger partial charge is 0.471 e. The molecule has 0 bridgehead atoms. The molecule has 2 heterocycles. The van der Waals surface area contributed by atoms with Crippen molar-refractivity contribution >= 4 is 62.8 Å². The summed E-state index contributed by atoms with van der Waals surface area (Å²) in [6.07, 6.45) is -5.00. The molecule has 220 valence electrons. The first-order valence-corrected chi connectivity index (χ1v) is 13.3. The van der Waals surface area contributed by atoms with Gasteiger partial charge in [-0.05, 0) is 60.2 Å². The third kappa shape index (κ3) is 5.48. The lowest BCUT2D eigenvalue weighted by Crippen LogP contribution is -2.38. The lowest BCUT2D eigenvalue weighted by atomic mass is 9.99. The molecule has 4 N–H and O–H groups in total. The van der Waals surface area contributed by atoms with Crippen LogP contribution in [0.4, 0.5) is 35.9 Å². The van der Waals surface area contributed by atoms with Gasteiger partial charge in [0.25, 0.3) is 11.8 Å². The van der Waals surface area contributed by atoms with Gasteiger partial charge < -0.3 is 25.8 Å². The summed E-state index contributed by atoms with van der Waals surface area (Å²) >= 11 is 0. The summed E-state index contributed by atoms with van der Waals surface area (Å²) in [7, 11) is 1.04. The van der Waals surface area contributed by atoms with Crippen LogP contribution in [0.5, 0.6) is 0 Å². The molecule has 9 nitrogen and oxygen atoms in total. The highest BCUT2D eigenvalue weighted by Crippen LogP contribution is 2.39. The lowest BCUT2D eigenvalue weighted by Gasteiger charge is -2.20. The van der Waals surface area contributed by atoms with Gasteiger partial charge in [-0.1, -0.05) is 42.5 Å². The average Bonchev–Trinajstić information content (AvgIpc) is 3.60. The molecular formula is C32H23F3N6O3. The second kappa shape index (κ2) is 11.1. The van der Waals surface area contributed by atoms with Crippen LogP contribution in [0.3, 0.4) is 0 Å². The maximum absolute atomic E-state index is 13.3. The van der Waals surface area contributed by atoms with Gasteiger partial charge in [0.05, 0.1) is 28.0 Å². The number of aromatic amines is 1. The Bertz CT molecular complexity index is 1920. The fourth-order valence-electron chi connectivity index (χ4n) is 4.85. The molecule has 0 fully saturated rings. The van der Waals surface area contributed by atoms with Crippen LogP contribution < -0.4 is 20.9 Å². The van der Waals surface area contributed by atoms with E-state index in [1.165, 1.54) is 24.3 Å². The van der Waals surface area contributed by atoms with E-state index in [-0.39, 0.29) is 17.4 Å². The average molecular weight is 597 g/mol. The number of carbonyl (C=O) groups excluding carboxylic acids is 3. The van der Waals surface area contributed by atoms with Crippen LogP contribution in [-0.4, -0.2) is 40.9 Å². The highest BCUT2D eigenvalue weighted by Gasteiger charge is 2.41. The topological polar surface area (TPSA) is 119 Å². The Labute approximate surface area is 248 Å². The number of alkyl halides is 3. The first-order valence-electron chi connectivity index (χ1n) is 13.3. The number of nitrogens with one attached hydrogen (secondary N) is 4. The van der Waals surface area contributed by atoms with Gasteiger partial charge in [-0.3, -0.25) is 14.4 Å². The van der Waals surface area contributed by atoms with Crippen molar-refractivity contribution in [2.24, 2.45) is 0 Å². The molecule has 0 aliphatic carbocycles. The van der Waals surface area contributed by atoms with Crippen molar-refractivity contribution in [3.8, 4) is 0 Å². The van der Waals surface area contributed by atoms with E-state index in [0.29, 0.717) is 49.9 Å². The van der Waals surface area contributed by atoms with Crippen LogP contribution in [0.15, 0.2) is 97.1 Å². The summed E-state index contributed by atoms with van der Waals surface area (Å²) in [5.74, 6) is -2.68. The Morgan fingerprint density at radius 3 is 2.23 bits per heavy atom. The predicted octanol–water partition coefficient (Wildman–Crippen LogP) is 6.27. The third-order valence-corrected chi connectivity index (χ3v) is 7.01. The van der Waals surface area contributed by atoms with Crippen molar-refractivity contribution < 1.29 is 27.6 Å². The number of para-hydroxylation sites is 2. The molecule has 4 aromatic carbocycles. The first kappa shape index (κ1) is 28.2. The number of nitrogens with zero attached hydrogens (tertiary/aromatic N) is 2. The van der Waals surface area contributed by atoms with Gasteiger partial charge >= 0.3 is 12.1 Å². The normalized spacial score (nSPS) is 13.7. The number of fused-ring (bicyclic) bond motifs is 2. The number of H-pyrrole nitrogens is 1. The number of rotatable bonds is 6. The number of benzene rings is 4. The summed E-state index contributed by atoms with van der Waals surface area (Å²) in [5.41, 5.74) is 4.87. The predicted molar refractivity (Wildman–Crippen MR) is 162 cm³/mol. The highest BCUT2D eigenvalue weighted by molar-refractivity contribution is 6.37. The second-order valence-corrected chi connectivity index (χ2v) is 9.92. The van der Waals surface area contributed by atoms with Gasteiger partial charge in [-0.25, -0.2) is 4.98 Å². The molecule has 0 spiro atoms. The zero-order chi connectivity index (χ0) is 31.0. The molecule has 0 radical (unpaired) electrons. The van der Waals surface area contributed by atoms with Gasteiger partial charge in [-0.2, -0.15) is 13.2 Å². The van der Waals surface area contributed by atoms with Crippen LogP contribution in [0, 0.1) is 0 Å². The zero-order valence-electron chi connectivity index (χ0n) is 23.0. The summed E-state index contributed by atoms with van der Waals surface area (Å²) in [4.78, 5) is 45.7. The van der Waals surface area contributed by atoms with E-state index in [0.717, 1.165) is 12.6 Å². The third-order valence-electron chi connectivity index (χ3n) is 7.01. The molecule has 12 heteroatoms. The molecule has 0 saturated carbocycles. The molecule has 1 aliphatic rings. The lowest BCUT2D eigenvalue weighted by molar-refractivity contribution is -0.170. The van der Waals surface area contributed by atoms with Gasteiger partial charge in [0.2, 0.25) is 0 Å². The second-order valence-electron chi connectivity index (χ2n) is 9.92. The Morgan fingerprint density at radius 2 is 1.52 bits per heavy atom. The zero-order valence-corrected chi connectivity index (χ0v) is 23.0. The number of carbonyl (C=O) groups is 3. The van der Waals surface area contributed by atoms with Crippen LogP contribution in [0.25, 0.3) is 22.3 Å². The monoisotopic (exact) mass is 596 g/mol. The fourth-order valence-corrected chi connectivity index (χ4v) is 4.85. The van der Waals surface area contributed by atoms with Gasteiger partial charge in [0, 0.05) is 29.7 Å². The molecule has 5 aromatic rings. The summed E-state index contributed by atoms with van der Waals surface area (Å²) in [6.45, 7) is 0. The van der Waals surface area contributed by atoms with E-state index in [9.17, 15) is 27.6 Å². The standard InChI is InChI=1S/C32H23F3N6O3/c1-41(31(44)32(33,34)35)21-14-11-19(12-15-21)36-27(18-7-3-2-4-8-18)26-22-16-13-20(17-25(22)40-29(26)42)37-30(43)28-38-23-9-5-6-10-24(23)39-28/h2-17,36H,1H3,(H,37,43)(H,38,39)(H,40,42)/b27-26-. The number of anilines is 4. The minimum Gasteiger partial charge on any atom is -0.354 e. The SMILES string of the molecule is CN(C(=O)C(F)(F)F)c1ccc(N/C(=C2\C(=O)Nc3cc(NC(=O)c4nc5ccccc5[nH]4)ccc32)c2ccccc2)cc1. The van der Waals surface area contributed by atoms with Crippen LogP contribution in [-0.2, 0) is 9.59 Å². The molecule has 44 heavy (non-hydrogen) atoms. The van der Waals surface area contributed by atoms with E-state index in [4.69, 9.17) is 0 Å². The van der Waals surface area contributed by atoms with E-state index in [1.54, 1.807) is 24.3 Å². The molecule has 0 atom stereocenters. The molecule has 1 aliphatic heterocycles. The van der Waals surface area contributed by atoms with Gasteiger partial charge in [0.1, 0.15) is 0 Å². The van der Waals surface area contributed by atoms with Gasteiger partial charge in [0.15, 0.2) is 5.82 Å². The maximum atomic E-state index is 13.3. The number of hydrogen-bond donors (Lipinski definition) is 4. The summed E-state index contributed by atoms with van der Waals surface area (Å²) in [6, 6.07) is 27.1. The van der Waals surface area contributed by atoms with Crippen molar-refractivity contribution in [3.05, 3.63) is 114 Å². The van der Waals surface area contributed by atoms with Gasteiger partial charge in [-0.15, -0.1) is 0 Å². The van der Waals surface area contributed by atoms with Crippen molar-refractivity contribution in [1.29, 1.82) is 0 Å². The molecular weight excluding hydrogens is 573 g/mol. The van der Waals surface area contributed by atoms with Crippen molar-refractivity contribution in [2.75, 3.05) is 27.9 Å². The van der Waals surface area contributed by atoms with Crippen LogP contribution in [0.1, 0.15) is 21.7 Å². The molecule has 1 aromatic heterocycles. The maximum Gasteiger partial charge on any atom is 0.471 e. The minimum absolute atomic E-state index is 0.0490. The number of halogens is 3. The van der Waals surface area contributed by atoms with Crippen LogP contribution in [0.2, 0.25) is 0 Å². The van der Waals surface area contributed by atoms with Crippen molar-refractivity contribution in [3.63, 3.8) is 0 Å². The fraction of sp³-hybridized carbons (Fsp3) is 0.0625. The minimum atomic E-state index is -5.00. The Balaban J connectivity index is 1.30. The molecule has 6 rings (SSSR count). The first-order chi connectivity index (χ1) is 21.1. The number of hydrogen-bond acceptors (Lipinski definition) is 5. The number of aromatic nitrogens is 2. The van der Waals surface area contributed by atoms with E-state index >= 15 is 0 Å². The highest BCUT2D eigenvalue weighted by atomic mass is 19.4. The van der Waals surface area contributed by atoms with Crippen LogP contribution >= 0.6 is 0 Å². The quantitative estimate of drug-likeness (QED) is 0.172. The van der Waals surface area contributed by atoms with E-state index < -0.39 is 18.0 Å². The van der Waals surface area contributed by atoms with E-state index in [2.05, 4.69) is 25.9 Å². The molecule has 0 unspecified atom stereocenters. The number of imidazole rings is 1. The van der Waals surface area contributed by atoms with E-state index in [1.807, 2.05) is 48.5 Å². The number of amides is 3. The summed E-state index contributed by atoms with van der Waals surface area (Å²) in [5, 5.41) is 8.87. The Hall–Kier alpha value is -5.91. The Kier molecular flexibility index (Phi) is 7.09. The van der Waals surface area contributed by atoms with Crippen molar-refractivity contribution in [1.82, 2.24) is 9.97 Å². The summed E-state index contributed by atoms with van der Waals surface area (Å²) < 4.78 is 38.7. The smallest absolute Gasteiger partial charge is 0.354 e. The van der Waals surface area contributed by atoms with Crippen molar-refractivity contribution in [2.45, 2.75) is 6.18 Å².